The summed E-state index contributed by atoms with van der Waals surface area (Å²) in [5.41, 5.74) is 5.56. The van der Waals surface area contributed by atoms with E-state index in [0.29, 0.717) is 0 Å². The van der Waals surface area contributed by atoms with Crippen molar-refractivity contribution in [3.8, 4) is 11.1 Å². The van der Waals surface area contributed by atoms with E-state index in [-0.39, 0.29) is 5.43 Å². The molecule has 2 aliphatic heterocycles. The Hall–Kier alpha value is -2.35. The summed E-state index contributed by atoms with van der Waals surface area (Å²) in [5, 5.41) is 0. The van der Waals surface area contributed by atoms with Gasteiger partial charge in [-0.2, -0.15) is 0 Å². The maximum atomic E-state index is 11.9. The van der Waals surface area contributed by atoms with Gasteiger partial charge in [0.15, 0.2) is 5.43 Å². The molecule has 0 aromatic heterocycles. The standard InChI is InChI=1S/C18H17NO/c1-3-6-15-13(4-2)9-10-19-12-16-14(11-17(15)19)7-5-8-18(16)20/h3-8,11-12H,1,9-10H2,2H3/b13-4-,15-6+. The van der Waals surface area contributed by atoms with Crippen LogP contribution in [0.1, 0.15) is 19.0 Å². The number of allylic oxidation sites excluding steroid dienone is 5. The number of nitrogens with zero attached hydrogens (tertiary/aromatic N) is 1. The Kier molecular flexibility index (Phi) is 3.15. The first kappa shape index (κ1) is 12.7. The second kappa shape index (κ2) is 4.97. The van der Waals surface area contributed by atoms with E-state index in [1.54, 1.807) is 6.07 Å². The van der Waals surface area contributed by atoms with E-state index in [4.69, 9.17) is 0 Å². The Bertz CT molecular complexity index is 761. The highest BCUT2D eigenvalue weighted by Gasteiger charge is 2.19. The minimum Gasteiger partial charge on any atom is -0.346 e. The van der Waals surface area contributed by atoms with Crippen LogP contribution < -0.4 is 5.43 Å². The fourth-order valence-corrected chi connectivity index (χ4v) is 2.85. The molecule has 1 aliphatic carbocycles. The fraction of sp³-hybridized carbons (Fsp3) is 0.167. The molecule has 20 heavy (non-hydrogen) atoms. The summed E-state index contributed by atoms with van der Waals surface area (Å²) < 4.78 is 2.17. The number of aryl methyl sites for hydroxylation is 1. The van der Waals surface area contributed by atoms with Gasteiger partial charge in [0, 0.05) is 29.6 Å². The first-order chi connectivity index (χ1) is 9.74. The summed E-state index contributed by atoms with van der Waals surface area (Å²) in [6.45, 7) is 6.79. The molecule has 0 unspecified atom stereocenters. The number of pyridine rings is 1. The molecule has 3 rings (SSSR count). The van der Waals surface area contributed by atoms with Crippen molar-refractivity contribution in [2.24, 2.45) is 0 Å². The molecule has 0 spiro atoms. The molecule has 0 radical (unpaired) electrons. The lowest BCUT2D eigenvalue weighted by molar-refractivity contribution is 0.664. The molecule has 2 heteroatoms. The van der Waals surface area contributed by atoms with Crippen molar-refractivity contribution in [1.29, 1.82) is 0 Å². The van der Waals surface area contributed by atoms with Gasteiger partial charge >= 0.3 is 0 Å². The zero-order chi connectivity index (χ0) is 14.1. The van der Waals surface area contributed by atoms with Crippen LogP contribution in [0.3, 0.4) is 0 Å². The van der Waals surface area contributed by atoms with Gasteiger partial charge < -0.3 is 4.57 Å². The summed E-state index contributed by atoms with van der Waals surface area (Å²) in [6.07, 6.45) is 9.00. The van der Waals surface area contributed by atoms with Crippen molar-refractivity contribution in [2.45, 2.75) is 19.9 Å². The van der Waals surface area contributed by atoms with E-state index in [1.165, 1.54) is 11.1 Å². The summed E-state index contributed by atoms with van der Waals surface area (Å²) in [5.74, 6) is 0. The third-order valence-electron chi connectivity index (χ3n) is 3.86. The first-order valence-electron chi connectivity index (χ1n) is 6.86. The highest BCUT2D eigenvalue weighted by molar-refractivity contribution is 5.82. The number of fused-ring (bicyclic) bond motifs is 2. The molecule has 0 atom stereocenters. The van der Waals surface area contributed by atoms with E-state index >= 15 is 0 Å². The zero-order valence-electron chi connectivity index (χ0n) is 11.6. The number of hydrogen-bond donors (Lipinski definition) is 0. The van der Waals surface area contributed by atoms with E-state index in [0.717, 1.165) is 29.8 Å². The smallest absolute Gasteiger partial charge is 0.187 e. The topological polar surface area (TPSA) is 22.0 Å². The highest BCUT2D eigenvalue weighted by Crippen LogP contribution is 2.34. The fourth-order valence-electron chi connectivity index (χ4n) is 2.85. The largest absolute Gasteiger partial charge is 0.346 e. The highest BCUT2D eigenvalue weighted by atomic mass is 16.1. The van der Waals surface area contributed by atoms with Crippen molar-refractivity contribution >= 4 is 5.57 Å². The average molecular weight is 263 g/mol. The third-order valence-corrected chi connectivity index (χ3v) is 3.86. The monoisotopic (exact) mass is 263 g/mol. The molecule has 100 valence electrons. The molecule has 0 aromatic rings. The van der Waals surface area contributed by atoms with E-state index < -0.39 is 0 Å². The van der Waals surface area contributed by atoms with Crippen molar-refractivity contribution < 1.29 is 0 Å². The summed E-state index contributed by atoms with van der Waals surface area (Å²) in [4.78, 5) is 11.9. The lowest BCUT2D eigenvalue weighted by Gasteiger charge is -2.26. The lowest BCUT2D eigenvalue weighted by atomic mass is 9.92. The molecule has 2 heterocycles. The predicted molar refractivity (Wildman–Crippen MR) is 83.9 cm³/mol. The van der Waals surface area contributed by atoms with Crippen LogP contribution in [0.4, 0.5) is 0 Å². The molecule has 0 amide bonds. The maximum absolute atomic E-state index is 11.9. The van der Waals surface area contributed by atoms with Gasteiger partial charge in [0.05, 0.1) is 0 Å². The van der Waals surface area contributed by atoms with Crippen LogP contribution in [-0.2, 0) is 6.54 Å². The van der Waals surface area contributed by atoms with Crippen molar-refractivity contribution in [2.75, 3.05) is 0 Å². The van der Waals surface area contributed by atoms with Crippen LogP contribution in [0, 0.1) is 0 Å². The minimum atomic E-state index is 0.0869. The van der Waals surface area contributed by atoms with E-state index in [2.05, 4.69) is 30.2 Å². The summed E-state index contributed by atoms with van der Waals surface area (Å²) in [7, 11) is 0. The van der Waals surface area contributed by atoms with Gasteiger partial charge in [-0.15, -0.1) is 0 Å². The normalized spacial score (nSPS) is 18.4. The van der Waals surface area contributed by atoms with Crippen LogP contribution in [-0.4, -0.2) is 4.57 Å². The molecule has 0 bridgehead atoms. The number of benzene rings is 1. The Balaban J connectivity index is 2.32. The van der Waals surface area contributed by atoms with Crippen molar-refractivity contribution in [3.63, 3.8) is 0 Å². The van der Waals surface area contributed by atoms with Gasteiger partial charge in [-0.05, 0) is 36.6 Å². The van der Waals surface area contributed by atoms with Crippen LogP contribution in [0.5, 0.6) is 0 Å². The molecule has 0 saturated heterocycles. The van der Waals surface area contributed by atoms with Crippen LogP contribution in [0.15, 0.2) is 65.6 Å². The first-order valence-corrected chi connectivity index (χ1v) is 6.86. The molecule has 0 fully saturated rings. The molecule has 0 saturated carbocycles. The molecule has 0 N–H and O–H groups in total. The minimum absolute atomic E-state index is 0.0869. The Morgan fingerprint density at radius 3 is 2.95 bits per heavy atom. The van der Waals surface area contributed by atoms with Crippen LogP contribution in [0.25, 0.3) is 16.7 Å². The van der Waals surface area contributed by atoms with Gasteiger partial charge in [0.2, 0.25) is 0 Å². The maximum Gasteiger partial charge on any atom is 0.187 e. The van der Waals surface area contributed by atoms with Crippen molar-refractivity contribution in [1.82, 2.24) is 4.57 Å². The number of rotatable bonds is 1. The third kappa shape index (κ3) is 1.94. The Morgan fingerprint density at radius 1 is 1.35 bits per heavy atom. The predicted octanol–water partition coefficient (Wildman–Crippen LogP) is 3.87. The number of hydrogen-bond acceptors (Lipinski definition) is 1. The lowest BCUT2D eigenvalue weighted by Crippen LogP contribution is -2.17. The van der Waals surface area contributed by atoms with Gasteiger partial charge in [-0.25, -0.2) is 0 Å². The summed E-state index contributed by atoms with van der Waals surface area (Å²) >= 11 is 0. The summed E-state index contributed by atoms with van der Waals surface area (Å²) in [6, 6.07) is 7.54. The quantitative estimate of drug-likeness (QED) is 0.765. The van der Waals surface area contributed by atoms with Gasteiger partial charge in [0.1, 0.15) is 0 Å². The molecular formula is C18H17NO. The zero-order valence-corrected chi connectivity index (χ0v) is 11.6. The molecular weight excluding hydrogens is 246 g/mol. The van der Waals surface area contributed by atoms with Crippen LogP contribution >= 0.6 is 0 Å². The molecule has 3 aliphatic rings. The second-order valence-corrected chi connectivity index (χ2v) is 4.99. The number of aromatic nitrogens is 1. The van der Waals surface area contributed by atoms with Gasteiger partial charge in [0.25, 0.3) is 0 Å². The Morgan fingerprint density at radius 2 is 2.20 bits per heavy atom. The van der Waals surface area contributed by atoms with Gasteiger partial charge in [-0.3, -0.25) is 4.79 Å². The van der Waals surface area contributed by atoms with E-state index in [1.807, 2.05) is 30.5 Å². The molecule has 2 nitrogen and oxygen atoms in total. The second-order valence-electron chi connectivity index (χ2n) is 4.99. The van der Waals surface area contributed by atoms with Crippen molar-refractivity contribution in [3.05, 3.63) is 76.8 Å². The SMILES string of the molecule is C=C/C=C1\C(=C/C)CCn2cc3c(=O)cccc-3cc21. The van der Waals surface area contributed by atoms with Gasteiger partial charge in [-0.1, -0.05) is 36.9 Å². The Labute approximate surface area is 118 Å². The van der Waals surface area contributed by atoms with E-state index in [9.17, 15) is 4.79 Å². The average Bonchev–Trinajstić information content (AvgIpc) is 2.47. The molecule has 0 aromatic carbocycles. The van der Waals surface area contributed by atoms with Crippen LogP contribution in [0.2, 0.25) is 0 Å².